The van der Waals surface area contributed by atoms with Gasteiger partial charge in [-0.25, -0.2) is 4.79 Å². The van der Waals surface area contributed by atoms with Crippen LogP contribution in [-0.2, 0) is 22.4 Å². The van der Waals surface area contributed by atoms with Crippen LogP contribution in [0.1, 0.15) is 18.1 Å². The highest BCUT2D eigenvalue weighted by molar-refractivity contribution is 7.99. The van der Waals surface area contributed by atoms with Gasteiger partial charge in [0.1, 0.15) is 5.75 Å². The minimum Gasteiger partial charge on any atom is -0.497 e. The number of methoxy groups -OCH3 is 1. The van der Waals surface area contributed by atoms with Gasteiger partial charge in [-0.1, -0.05) is 54.2 Å². The first-order chi connectivity index (χ1) is 19.0. The number of nitrogens with zero attached hydrogens (tertiary/aromatic N) is 1. The molecule has 4 aromatic carbocycles. The lowest BCUT2D eigenvalue weighted by atomic mass is 10.1. The van der Waals surface area contributed by atoms with Gasteiger partial charge in [0.2, 0.25) is 0 Å². The molecule has 0 aliphatic rings. The molecule has 0 radical (unpaired) electrons. The van der Waals surface area contributed by atoms with Crippen LogP contribution in [0.4, 0.5) is 16.2 Å². The number of anilines is 2. The predicted octanol–water partition coefficient (Wildman–Crippen LogP) is 7.23. The van der Waals surface area contributed by atoms with Crippen LogP contribution in [0.3, 0.4) is 0 Å². The van der Waals surface area contributed by atoms with Gasteiger partial charge in [-0.05, 0) is 85.1 Å². The average molecular weight is 541 g/mol. The Bertz CT molecular complexity index is 1340. The molecular formula is C32H32N2O4S. The number of nitrogens with one attached hydrogen (secondary N) is 1. The zero-order chi connectivity index (χ0) is 27.5. The summed E-state index contributed by atoms with van der Waals surface area (Å²) in [7, 11) is 1.61. The van der Waals surface area contributed by atoms with Crippen molar-refractivity contribution >= 4 is 35.1 Å². The molecule has 0 aromatic heterocycles. The predicted molar refractivity (Wildman–Crippen MR) is 157 cm³/mol. The smallest absolute Gasteiger partial charge is 0.326 e. The molecule has 4 aromatic rings. The van der Waals surface area contributed by atoms with Crippen LogP contribution in [0.25, 0.3) is 0 Å². The van der Waals surface area contributed by atoms with E-state index in [4.69, 9.17) is 9.47 Å². The number of hydrogen-bond acceptors (Lipinski definition) is 5. The number of esters is 1. The third kappa shape index (κ3) is 8.38. The Labute approximate surface area is 234 Å². The van der Waals surface area contributed by atoms with Crippen molar-refractivity contribution in [3.8, 4) is 5.75 Å². The summed E-state index contributed by atoms with van der Waals surface area (Å²) in [6.07, 6.45) is 0.996. The number of carbonyl (C=O) groups is 2. The molecule has 0 saturated heterocycles. The molecule has 0 saturated carbocycles. The number of hydrogen-bond donors (Lipinski definition) is 1. The lowest BCUT2D eigenvalue weighted by molar-refractivity contribution is -0.142. The Morgan fingerprint density at radius 1 is 0.795 bits per heavy atom. The topological polar surface area (TPSA) is 67.9 Å². The minimum atomic E-state index is -0.221. The highest BCUT2D eigenvalue weighted by Gasteiger charge is 2.16. The Morgan fingerprint density at radius 3 is 2.05 bits per heavy atom. The van der Waals surface area contributed by atoms with E-state index in [0.29, 0.717) is 18.8 Å². The fraction of sp³-hybridized carbons (Fsp3) is 0.188. The van der Waals surface area contributed by atoms with Crippen molar-refractivity contribution in [2.24, 2.45) is 0 Å². The van der Waals surface area contributed by atoms with Gasteiger partial charge >= 0.3 is 12.0 Å². The van der Waals surface area contributed by atoms with Gasteiger partial charge in [0, 0.05) is 27.7 Å². The van der Waals surface area contributed by atoms with E-state index in [9.17, 15) is 9.59 Å². The number of rotatable bonds is 11. The van der Waals surface area contributed by atoms with Crippen molar-refractivity contribution in [2.45, 2.75) is 29.6 Å². The maximum Gasteiger partial charge on any atom is 0.326 e. The molecule has 0 spiro atoms. The normalized spacial score (nSPS) is 10.5. The third-order valence-electron chi connectivity index (χ3n) is 6.01. The molecule has 1 N–H and O–H groups in total. The zero-order valence-electron chi connectivity index (χ0n) is 22.1. The minimum absolute atomic E-state index is 0.200. The Kier molecular flexibility index (Phi) is 10.0. The van der Waals surface area contributed by atoms with E-state index < -0.39 is 0 Å². The molecule has 0 aliphatic heterocycles. The maximum absolute atomic E-state index is 13.4. The van der Waals surface area contributed by atoms with E-state index in [0.717, 1.165) is 33.2 Å². The summed E-state index contributed by atoms with van der Waals surface area (Å²) >= 11 is 1.62. The van der Waals surface area contributed by atoms with E-state index in [1.807, 2.05) is 91.0 Å². The molecule has 0 unspecified atom stereocenters. The lowest BCUT2D eigenvalue weighted by Crippen LogP contribution is -2.36. The van der Waals surface area contributed by atoms with Crippen molar-refractivity contribution < 1.29 is 19.1 Å². The van der Waals surface area contributed by atoms with Gasteiger partial charge in [0.15, 0.2) is 0 Å². The largest absolute Gasteiger partial charge is 0.497 e. The number of benzene rings is 4. The number of carbonyl (C=O) groups excluding carboxylic acids is 2. The monoisotopic (exact) mass is 540 g/mol. The van der Waals surface area contributed by atoms with Crippen LogP contribution in [0.2, 0.25) is 0 Å². The fourth-order valence-corrected chi connectivity index (χ4v) is 4.80. The van der Waals surface area contributed by atoms with Crippen LogP contribution in [0.15, 0.2) is 113 Å². The number of urea groups is 1. The van der Waals surface area contributed by atoms with Gasteiger partial charge in [-0.3, -0.25) is 9.69 Å². The van der Waals surface area contributed by atoms with Crippen LogP contribution in [-0.4, -0.2) is 32.3 Å². The SMILES string of the molecule is CCOC(=O)Cc1ccc(Sc2ccc(N(CCc3ccccc3)C(=O)Nc3ccc(OC)cc3)cc2)cc1. The first-order valence-corrected chi connectivity index (χ1v) is 13.6. The summed E-state index contributed by atoms with van der Waals surface area (Å²) in [4.78, 5) is 28.9. The molecule has 0 atom stereocenters. The molecule has 6 nitrogen and oxygen atoms in total. The summed E-state index contributed by atoms with van der Waals surface area (Å²) in [6, 6.07) is 33.1. The van der Waals surface area contributed by atoms with Crippen molar-refractivity contribution in [3.05, 3.63) is 114 Å². The van der Waals surface area contributed by atoms with Crippen LogP contribution < -0.4 is 15.0 Å². The van der Waals surface area contributed by atoms with Crippen molar-refractivity contribution in [3.63, 3.8) is 0 Å². The van der Waals surface area contributed by atoms with Gasteiger partial charge in [0.05, 0.1) is 20.1 Å². The molecule has 7 heteroatoms. The molecule has 0 aliphatic carbocycles. The first kappa shape index (κ1) is 27.8. The molecule has 39 heavy (non-hydrogen) atoms. The summed E-state index contributed by atoms with van der Waals surface area (Å²) in [5.74, 6) is 0.511. The average Bonchev–Trinajstić information content (AvgIpc) is 2.96. The summed E-state index contributed by atoms with van der Waals surface area (Å²) < 4.78 is 10.2. The van der Waals surface area contributed by atoms with Gasteiger partial charge < -0.3 is 14.8 Å². The third-order valence-corrected chi connectivity index (χ3v) is 7.03. The van der Waals surface area contributed by atoms with E-state index >= 15 is 0 Å². The molecule has 2 amide bonds. The van der Waals surface area contributed by atoms with Gasteiger partial charge in [-0.2, -0.15) is 0 Å². The second-order valence-corrected chi connectivity index (χ2v) is 9.91. The van der Waals surface area contributed by atoms with E-state index in [2.05, 4.69) is 17.4 Å². The number of amides is 2. The zero-order valence-corrected chi connectivity index (χ0v) is 22.9. The highest BCUT2D eigenvalue weighted by atomic mass is 32.2. The summed E-state index contributed by atoms with van der Waals surface area (Å²) in [6.45, 7) is 2.72. The highest BCUT2D eigenvalue weighted by Crippen LogP contribution is 2.30. The maximum atomic E-state index is 13.4. The molecular weight excluding hydrogens is 508 g/mol. The first-order valence-electron chi connectivity index (χ1n) is 12.8. The number of ether oxygens (including phenoxy) is 2. The van der Waals surface area contributed by atoms with Crippen LogP contribution >= 0.6 is 11.8 Å². The Morgan fingerprint density at radius 2 is 1.44 bits per heavy atom. The second-order valence-electron chi connectivity index (χ2n) is 8.77. The molecule has 0 heterocycles. The molecule has 0 fully saturated rings. The summed E-state index contributed by atoms with van der Waals surface area (Å²) in [5.41, 5.74) is 3.60. The van der Waals surface area contributed by atoms with E-state index in [1.54, 1.807) is 30.7 Å². The lowest BCUT2D eigenvalue weighted by Gasteiger charge is -2.24. The van der Waals surface area contributed by atoms with Crippen LogP contribution in [0.5, 0.6) is 5.75 Å². The Balaban J connectivity index is 1.45. The van der Waals surface area contributed by atoms with Gasteiger partial charge in [0.25, 0.3) is 0 Å². The second kappa shape index (κ2) is 14.1. The Hall–Kier alpha value is -4.23. The molecule has 200 valence electrons. The van der Waals surface area contributed by atoms with Crippen LogP contribution in [0, 0.1) is 0 Å². The van der Waals surface area contributed by atoms with Crippen molar-refractivity contribution in [2.75, 3.05) is 30.5 Å². The molecule has 4 rings (SSSR count). The van der Waals surface area contributed by atoms with E-state index in [-0.39, 0.29) is 18.4 Å². The van der Waals surface area contributed by atoms with E-state index in [1.165, 1.54) is 5.56 Å². The fourth-order valence-electron chi connectivity index (χ4n) is 3.98. The van der Waals surface area contributed by atoms with Crippen molar-refractivity contribution in [1.82, 2.24) is 0 Å². The summed E-state index contributed by atoms with van der Waals surface area (Å²) in [5, 5.41) is 3.00. The van der Waals surface area contributed by atoms with Crippen molar-refractivity contribution in [1.29, 1.82) is 0 Å². The quantitative estimate of drug-likeness (QED) is 0.203. The van der Waals surface area contributed by atoms with Gasteiger partial charge in [-0.15, -0.1) is 0 Å². The molecule has 0 bridgehead atoms. The standard InChI is InChI=1S/C32H32N2O4S/c1-3-38-31(35)23-25-9-17-29(18-10-25)39-30-19-13-27(14-20-30)34(22-21-24-7-5-4-6-8-24)32(36)33-26-11-15-28(37-2)16-12-26/h4-20H,3,21-23H2,1-2H3,(H,33,36).